The minimum absolute atomic E-state index is 0.0263. The Morgan fingerprint density at radius 2 is 1.87 bits per heavy atom. The summed E-state index contributed by atoms with van der Waals surface area (Å²) in [6.45, 7) is 3.86. The molecule has 3 N–H and O–H groups in total. The maximum Gasteiger partial charge on any atom is 0.256 e. The second kappa shape index (κ2) is 11.0. The molecule has 2 aromatic rings. The largest absolute Gasteiger partial charge is 0.496 e. The first-order valence-corrected chi connectivity index (χ1v) is 13.7. The monoisotopic (exact) mass is 565 g/mol. The SMILES string of the molecule is COc1cc(C)[nH]c(=O)c1CNC(=O)c1cc(Cl)c2c(c1C)OC(C1CCC(NC3CC(F)(F)C3)CC1)CO2. The number of hydrogen-bond donors (Lipinski definition) is 3. The molecule has 1 aromatic heterocycles. The van der Waals surface area contributed by atoms with Crippen LogP contribution in [0.5, 0.6) is 17.2 Å². The molecular weight excluding hydrogens is 532 g/mol. The first kappa shape index (κ1) is 27.7. The summed E-state index contributed by atoms with van der Waals surface area (Å²) in [5, 5.41) is 6.44. The molecule has 0 spiro atoms. The van der Waals surface area contributed by atoms with Crippen LogP contribution in [0, 0.1) is 19.8 Å². The Bertz CT molecular complexity index is 1300. The molecule has 1 amide bonds. The molecule has 5 rings (SSSR count). The molecule has 1 aromatic carbocycles. The van der Waals surface area contributed by atoms with Crippen molar-refractivity contribution in [1.82, 2.24) is 15.6 Å². The summed E-state index contributed by atoms with van der Waals surface area (Å²) in [5.41, 5.74) is 1.57. The van der Waals surface area contributed by atoms with Crippen LogP contribution in [0.15, 0.2) is 16.9 Å². The zero-order valence-electron chi connectivity index (χ0n) is 22.3. The predicted octanol–water partition coefficient (Wildman–Crippen LogP) is 4.67. The number of ether oxygens (including phenoxy) is 3. The van der Waals surface area contributed by atoms with E-state index in [9.17, 15) is 18.4 Å². The number of H-pyrrole nitrogens is 1. The fourth-order valence-electron chi connectivity index (χ4n) is 5.87. The highest BCUT2D eigenvalue weighted by molar-refractivity contribution is 6.32. The van der Waals surface area contributed by atoms with Crippen molar-refractivity contribution in [2.45, 2.75) is 83.0 Å². The third-order valence-corrected chi connectivity index (χ3v) is 8.36. The molecule has 2 saturated carbocycles. The molecule has 212 valence electrons. The molecule has 3 aliphatic rings. The Labute approximate surface area is 230 Å². The van der Waals surface area contributed by atoms with Gasteiger partial charge in [-0.05, 0) is 57.6 Å². The topological polar surface area (TPSA) is 102 Å². The van der Waals surface area contributed by atoms with Gasteiger partial charge < -0.3 is 29.8 Å². The minimum Gasteiger partial charge on any atom is -0.496 e. The smallest absolute Gasteiger partial charge is 0.256 e. The highest BCUT2D eigenvalue weighted by Crippen LogP contribution is 2.45. The molecule has 1 unspecified atom stereocenters. The van der Waals surface area contributed by atoms with Gasteiger partial charge in [-0.1, -0.05) is 11.6 Å². The van der Waals surface area contributed by atoms with Gasteiger partial charge >= 0.3 is 0 Å². The quantitative estimate of drug-likeness (QED) is 0.451. The Balaban J connectivity index is 1.23. The molecule has 1 atom stereocenters. The molecular formula is C28H34ClF2N3O5. The van der Waals surface area contributed by atoms with Crippen molar-refractivity contribution >= 4 is 17.5 Å². The van der Waals surface area contributed by atoms with E-state index in [0.717, 1.165) is 25.7 Å². The fraction of sp³-hybridized carbons (Fsp3) is 0.571. The van der Waals surface area contributed by atoms with Gasteiger partial charge in [0.1, 0.15) is 18.5 Å². The van der Waals surface area contributed by atoms with Crippen LogP contribution in [0.4, 0.5) is 8.78 Å². The maximum atomic E-state index is 13.2. The number of carbonyl (C=O) groups is 1. The number of methoxy groups -OCH3 is 1. The van der Waals surface area contributed by atoms with Gasteiger partial charge in [0, 0.05) is 41.7 Å². The zero-order valence-corrected chi connectivity index (χ0v) is 23.1. The molecule has 11 heteroatoms. The van der Waals surface area contributed by atoms with E-state index in [0.29, 0.717) is 46.2 Å². The summed E-state index contributed by atoms with van der Waals surface area (Å²) >= 11 is 6.49. The lowest BCUT2D eigenvalue weighted by atomic mass is 9.80. The fourth-order valence-corrected chi connectivity index (χ4v) is 6.12. The molecule has 1 aliphatic heterocycles. The van der Waals surface area contributed by atoms with Crippen molar-refractivity contribution in [1.29, 1.82) is 0 Å². The number of pyridine rings is 1. The van der Waals surface area contributed by atoms with Gasteiger partial charge in [-0.15, -0.1) is 0 Å². The Hall–Kier alpha value is -2.85. The average Bonchev–Trinajstić information content (AvgIpc) is 2.88. The number of rotatable bonds is 7. The molecule has 2 fully saturated rings. The lowest BCUT2D eigenvalue weighted by Gasteiger charge is -2.41. The summed E-state index contributed by atoms with van der Waals surface area (Å²) in [5.74, 6) is -1.41. The number of fused-ring (bicyclic) bond motifs is 1. The number of hydrogen-bond acceptors (Lipinski definition) is 6. The van der Waals surface area contributed by atoms with Gasteiger partial charge in [0.15, 0.2) is 11.5 Å². The number of aryl methyl sites for hydroxylation is 1. The van der Waals surface area contributed by atoms with E-state index in [4.69, 9.17) is 25.8 Å². The summed E-state index contributed by atoms with van der Waals surface area (Å²) in [6, 6.07) is 3.39. The van der Waals surface area contributed by atoms with Crippen molar-refractivity contribution in [3.05, 3.63) is 49.9 Å². The van der Waals surface area contributed by atoms with Crippen LogP contribution in [0.25, 0.3) is 0 Å². The van der Waals surface area contributed by atoms with Crippen molar-refractivity contribution in [2.24, 2.45) is 5.92 Å². The van der Waals surface area contributed by atoms with Crippen molar-refractivity contribution in [3.8, 4) is 17.2 Å². The van der Waals surface area contributed by atoms with Gasteiger partial charge in [0.05, 0.1) is 24.2 Å². The highest BCUT2D eigenvalue weighted by atomic mass is 35.5. The van der Waals surface area contributed by atoms with Gasteiger partial charge in [0.25, 0.3) is 17.4 Å². The van der Waals surface area contributed by atoms with Crippen LogP contribution in [0.2, 0.25) is 5.02 Å². The van der Waals surface area contributed by atoms with Crippen LogP contribution in [0.1, 0.15) is 65.7 Å². The molecule has 0 bridgehead atoms. The van der Waals surface area contributed by atoms with Crippen LogP contribution < -0.4 is 30.4 Å². The number of benzene rings is 1. The van der Waals surface area contributed by atoms with Gasteiger partial charge in [-0.25, -0.2) is 8.78 Å². The van der Waals surface area contributed by atoms with Gasteiger partial charge in [0.2, 0.25) is 0 Å². The molecule has 2 heterocycles. The van der Waals surface area contributed by atoms with Crippen molar-refractivity contribution in [3.63, 3.8) is 0 Å². The van der Waals surface area contributed by atoms with Crippen LogP contribution >= 0.6 is 11.6 Å². The number of aromatic nitrogens is 1. The number of alkyl halides is 2. The van der Waals surface area contributed by atoms with Gasteiger partial charge in [-0.2, -0.15) is 0 Å². The number of amides is 1. The molecule has 0 radical (unpaired) electrons. The van der Waals surface area contributed by atoms with Crippen LogP contribution in [-0.2, 0) is 6.54 Å². The van der Waals surface area contributed by atoms with Crippen molar-refractivity contribution < 1.29 is 27.8 Å². The highest BCUT2D eigenvalue weighted by Gasteiger charge is 2.46. The zero-order chi connectivity index (χ0) is 27.9. The third-order valence-electron chi connectivity index (χ3n) is 8.08. The van der Waals surface area contributed by atoms with Crippen LogP contribution in [0.3, 0.4) is 0 Å². The Morgan fingerprint density at radius 1 is 1.15 bits per heavy atom. The van der Waals surface area contributed by atoms with E-state index in [1.165, 1.54) is 7.11 Å². The number of halogens is 3. The number of aromatic amines is 1. The predicted molar refractivity (Wildman–Crippen MR) is 142 cm³/mol. The lowest BCUT2D eigenvalue weighted by Crippen LogP contribution is -2.53. The molecule has 8 nitrogen and oxygen atoms in total. The Morgan fingerprint density at radius 3 is 2.54 bits per heavy atom. The second-order valence-electron chi connectivity index (χ2n) is 10.9. The first-order chi connectivity index (χ1) is 18.5. The van der Waals surface area contributed by atoms with E-state index in [1.54, 1.807) is 26.0 Å². The molecule has 39 heavy (non-hydrogen) atoms. The number of carbonyl (C=O) groups excluding carboxylic acids is 1. The lowest BCUT2D eigenvalue weighted by molar-refractivity contribution is -0.0960. The molecule has 2 aliphatic carbocycles. The summed E-state index contributed by atoms with van der Waals surface area (Å²) < 4.78 is 44.1. The average molecular weight is 566 g/mol. The Kier molecular flexibility index (Phi) is 7.79. The molecule has 0 saturated heterocycles. The van der Waals surface area contributed by atoms with Gasteiger partial charge in [-0.3, -0.25) is 9.59 Å². The van der Waals surface area contributed by atoms with E-state index >= 15 is 0 Å². The van der Waals surface area contributed by atoms with Crippen LogP contribution in [-0.4, -0.2) is 48.7 Å². The van der Waals surface area contributed by atoms with E-state index in [2.05, 4.69) is 15.6 Å². The summed E-state index contributed by atoms with van der Waals surface area (Å²) in [6.07, 6.45) is 3.22. The third kappa shape index (κ3) is 5.87. The minimum atomic E-state index is -2.52. The standard InChI is InChI=1S/C28H34ClF2N3O5/c1-14-8-22(37-3)20(27(36)33-14)12-32-26(35)19-9-21(29)25-24(15(19)2)39-23(13-38-25)16-4-6-17(7-5-16)34-18-10-28(30,31)11-18/h8-9,16-18,23,34H,4-7,10-13H2,1-3H3,(H,32,35)(H,33,36). The second-order valence-corrected chi connectivity index (χ2v) is 11.3. The van der Waals surface area contributed by atoms with Crippen molar-refractivity contribution in [2.75, 3.05) is 13.7 Å². The van der Waals surface area contributed by atoms with E-state index < -0.39 is 11.8 Å². The first-order valence-electron chi connectivity index (χ1n) is 13.4. The van der Waals surface area contributed by atoms with E-state index in [1.807, 2.05) is 0 Å². The normalized spacial score (nSPS) is 24.1. The maximum absolute atomic E-state index is 13.2. The summed E-state index contributed by atoms with van der Waals surface area (Å²) in [4.78, 5) is 28.3. The van der Waals surface area contributed by atoms with E-state index in [-0.39, 0.29) is 54.1 Å². The number of nitrogens with one attached hydrogen (secondary N) is 3. The summed E-state index contributed by atoms with van der Waals surface area (Å²) in [7, 11) is 1.47.